The standard InChI is InChI=1S/C7H12O4/c1-5(8)4-11-7(9)6(2)10-3/h6H,4H2,1-3H3/t6-/m0/s1. The lowest BCUT2D eigenvalue weighted by molar-refractivity contribution is -0.156. The van der Waals surface area contributed by atoms with Crippen LogP contribution in [0.4, 0.5) is 0 Å². The molecule has 0 spiro atoms. The van der Waals surface area contributed by atoms with Gasteiger partial charge in [-0.3, -0.25) is 4.79 Å². The van der Waals surface area contributed by atoms with E-state index in [0.29, 0.717) is 0 Å². The zero-order valence-corrected chi connectivity index (χ0v) is 6.92. The Morgan fingerprint density at radius 2 is 2.00 bits per heavy atom. The van der Waals surface area contributed by atoms with Crippen LogP contribution in [0.5, 0.6) is 0 Å². The van der Waals surface area contributed by atoms with Crippen LogP contribution in [0, 0.1) is 0 Å². The number of methoxy groups -OCH3 is 1. The van der Waals surface area contributed by atoms with Crippen LogP contribution in [0.15, 0.2) is 0 Å². The number of carbonyl (C=O) groups excluding carboxylic acids is 2. The number of rotatable bonds is 4. The maximum Gasteiger partial charge on any atom is 0.335 e. The third-order valence-corrected chi connectivity index (χ3v) is 1.10. The molecule has 0 aliphatic heterocycles. The highest BCUT2D eigenvalue weighted by Crippen LogP contribution is 1.91. The van der Waals surface area contributed by atoms with E-state index in [4.69, 9.17) is 0 Å². The average molecular weight is 160 g/mol. The monoisotopic (exact) mass is 160 g/mol. The molecule has 0 rings (SSSR count). The molecular weight excluding hydrogens is 148 g/mol. The molecule has 0 saturated carbocycles. The molecular formula is C7H12O4. The first kappa shape index (κ1) is 10.1. The van der Waals surface area contributed by atoms with Gasteiger partial charge in [-0.2, -0.15) is 0 Å². The number of esters is 1. The maximum absolute atomic E-state index is 10.8. The van der Waals surface area contributed by atoms with Gasteiger partial charge in [0.2, 0.25) is 0 Å². The highest BCUT2D eigenvalue weighted by atomic mass is 16.6. The fourth-order valence-corrected chi connectivity index (χ4v) is 0.386. The summed E-state index contributed by atoms with van der Waals surface area (Å²) in [7, 11) is 1.40. The van der Waals surface area contributed by atoms with Gasteiger partial charge < -0.3 is 9.47 Å². The minimum atomic E-state index is -0.602. The van der Waals surface area contributed by atoms with Crippen molar-refractivity contribution >= 4 is 11.8 Å². The van der Waals surface area contributed by atoms with Crippen LogP contribution < -0.4 is 0 Å². The van der Waals surface area contributed by atoms with Crippen molar-refractivity contribution in [3.8, 4) is 0 Å². The van der Waals surface area contributed by atoms with E-state index in [1.807, 2.05) is 0 Å². The Morgan fingerprint density at radius 3 is 2.36 bits per heavy atom. The lowest BCUT2D eigenvalue weighted by atomic mass is 10.4. The summed E-state index contributed by atoms with van der Waals surface area (Å²) in [5.41, 5.74) is 0. The zero-order valence-electron chi connectivity index (χ0n) is 6.92. The first-order chi connectivity index (χ1) is 5.07. The second-order valence-electron chi connectivity index (χ2n) is 2.19. The Morgan fingerprint density at radius 1 is 1.45 bits per heavy atom. The molecule has 0 heterocycles. The molecule has 0 aromatic rings. The first-order valence-corrected chi connectivity index (χ1v) is 3.26. The fourth-order valence-electron chi connectivity index (χ4n) is 0.386. The maximum atomic E-state index is 10.8. The van der Waals surface area contributed by atoms with Gasteiger partial charge in [0.1, 0.15) is 6.61 Å². The Kier molecular flexibility index (Phi) is 4.45. The smallest absolute Gasteiger partial charge is 0.335 e. The summed E-state index contributed by atoms with van der Waals surface area (Å²) in [5, 5.41) is 0. The largest absolute Gasteiger partial charge is 0.456 e. The van der Waals surface area contributed by atoms with E-state index < -0.39 is 12.1 Å². The SMILES string of the molecule is CO[C@@H](C)C(=O)OCC(C)=O. The van der Waals surface area contributed by atoms with Crippen molar-refractivity contribution < 1.29 is 19.1 Å². The average Bonchev–Trinajstić information content (AvgIpc) is 1.98. The third-order valence-electron chi connectivity index (χ3n) is 1.10. The first-order valence-electron chi connectivity index (χ1n) is 3.26. The van der Waals surface area contributed by atoms with E-state index in [2.05, 4.69) is 9.47 Å². The Hall–Kier alpha value is -0.900. The quantitative estimate of drug-likeness (QED) is 0.549. The molecule has 0 radical (unpaired) electrons. The number of ketones is 1. The molecule has 0 aliphatic carbocycles. The van der Waals surface area contributed by atoms with Crippen LogP contribution in [0.1, 0.15) is 13.8 Å². The van der Waals surface area contributed by atoms with Crippen LogP contribution in [-0.2, 0) is 19.1 Å². The molecule has 4 heteroatoms. The molecule has 0 aliphatic rings. The number of Topliss-reactive ketones (excluding diaryl/α,β-unsaturated/α-hetero) is 1. The van der Waals surface area contributed by atoms with Crippen molar-refractivity contribution in [1.29, 1.82) is 0 Å². The summed E-state index contributed by atoms with van der Waals surface area (Å²) in [6.45, 7) is 2.74. The topological polar surface area (TPSA) is 52.6 Å². The molecule has 0 bridgehead atoms. The van der Waals surface area contributed by atoms with Gasteiger partial charge in [0.15, 0.2) is 11.9 Å². The van der Waals surface area contributed by atoms with E-state index in [1.54, 1.807) is 6.92 Å². The second-order valence-corrected chi connectivity index (χ2v) is 2.19. The number of hydrogen-bond acceptors (Lipinski definition) is 4. The van der Waals surface area contributed by atoms with Crippen LogP contribution in [0.2, 0.25) is 0 Å². The van der Waals surface area contributed by atoms with Crippen LogP contribution >= 0.6 is 0 Å². The number of hydrogen-bond donors (Lipinski definition) is 0. The number of ether oxygens (including phenoxy) is 2. The van der Waals surface area contributed by atoms with E-state index >= 15 is 0 Å². The van der Waals surface area contributed by atoms with Crippen LogP contribution in [-0.4, -0.2) is 31.6 Å². The molecule has 0 aromatic carbocycles. The second kappa shape index (κ2) is 4.85. The van der Waals surface area contributed by atoms with E-state index in [1.165, 1.54) is 14.0 Å². The van der Waals surface area contributed by atoms with Crippen molar-refractivity contribution in [2.24, 2.45) is 0 Å². The molecule has 0 fully saturated rings. The highest BCUT2D eigenvalue weighted by Gasteiger charge is 2.12. The summed E-state index contributed by atoms with van der Waals surface area (Å²) < 4.78 is 9.20. The van der Waals surface area contributed by atoms with Gasteiger partial charge in [0.25, 0.3) is 0 Å². The predicted octanol–water partition coefficient (Wildman–Crippen LogP) is 0.153. The van der Waals surface area contributed by atoms with Gasteiger partial charge in [0, 0.05) is 7.11 Å². The van der Waals surface area contributed by atoms with Gasteiger partial charge in [-0.05, 0) is 13.8 Å². The summed E-state index contributed by atoms with van der Waals surface area (Å²) in [5.74, 6) is -0.690. The Labute approximate surface area is 65.5 Å². The van der Waals surface area contributed by atoms with Crippen molar-refractivity contribution in [3.63, 3.8) is 0 Å². The number of carbonyl (C=O) groups is 2. The van der Waals surface area contributed by atoms with E-state index in [9.17, 15) is 9.59 Å². The lowest BCUT2D eigenvalue weighted by Crippen LogP contribution is -2.23. The summed E-state index contributed by atoms with van der Waals surface area (Å²) in [6.07, 6.45) is -0.602. The molecule has 0 saturated heterocycles. The fraction of sp³-hybridized carbons (Fsp3) is 0.714. The molecule has 4 nitrogen and oxygen atoms in total. The molecule has 0 unspecified atom stereocenters. The molecule has 0 amide bonds. The van der Waals surface area contributed by atoms with Crippen molar-refractivity contribution in [3.05, 3.63) is 0 Å². The minimum absolute atomic E-state index is 0.174. The Balaban J connectivity index is 3.60. The van der Waals surface area contributed by atoms with E-state index in [-0.39, 0.29) is 12.4 Å². The predicted molar refractivity (Wildman–Crippen MR) is 38.1 cm³/mol. The van der Waals surface area contributed by atoms with Gasteiger partial charge in [-0.25, -0.2) is 4.79 Å². The van der Waals surface area contributed by atoms with Crippen LogP contribution in [0.25, 0.3) is 0 Å². The van der Waals surface area contributed by atoms with Gasteiger partial charge in [-0.15, -0.1) is 0 Å². The molecule has 0 aromatic heterocycles. The van der Waals surface area contributed by atoms with Gasteiger partial charge in [0.05, 0.1) is 0 Å². The van der Waals surface area contributed by atoms with Gasteiger partial charge >= 0.3 is 5.97 Å². The normalized spacial score (nSPS) is 12.3. The van der Waals surface area contributed by atoms with Gasteiger partial charge in [-0.1, -0.05) is 0 Å². The van der Waals surface area contributed by atoms with Crippen LogP contribution in [0.3, 0.4) is 0 Å². The molecule has 11 heavy (non-hydrogen) atoms. The summed E-state index contributed by atoms with van der Waals surface area (Å²) >= 11 is 0. The summed E-state index contributed by atoms with van der Waals surface area (Å²) in [6, 6.07) is 0. The summed E-state index contributed by atoms with van der Waals surface area (Å²) in [4.78, 5) is 21.1. The molecule has 1 atom stereocenters. The third kappa shape index (κ3) is 4.50. The Bertz CT molecular complexity index is 153. The molecule has 64 valence electrons. The van der Waals surface area contributed by atoms with E-state index in [0.717, 1.165) is 0 Å². The minimum Gasteiger partial charge on any atom is -0.456 e. The molecule has 0 N–H and O–H groups in total. The van der Waals surface area contributed by atoms with Crippen molar-refractivity contribution in [2.75, 3.05) is 13.7 Å². The zero-order chi connectivity index (χ0) is 8.85. The lowest BCUT2D eigenvalue weighted by Gasteiger charge is -2.07. The van der Waals surface area contributed by atoms with Crippen molar-refractivity contribution in [2.45, 2.75) is 20.0 Å². The van der Waals surface area contributed by atoms with Crippen molar-refractivity contribution in [1.82, 2.24) is 0 Å². The highest BCUT2D eigenvalue weighted by molar-refractivity contribution is 5.81.